The molecule has 0 aliphatic carbocycles. The molecule has 122 valence electrons. The van der Waals surface area contributed by atoms with Crippen molar-refractivity contribution >= 4 is 23.7 Å². The van der Waals surface area contributed by atoms with Crippen LogP contribution in [0.25, 0.3) is 0 Å². The minimum Gasteiger partial charge on any atom is -0.328 e. The van der Waals surface area contributed by atoms with Crippen molar-refractivity contribution in [1.82, 2.24) is 9.88 Å². The summed E-state index contributed by atoms with van der Waals surface area (Å²) in [6.07, 6.45) is -2.45. The second kappa shape index (κ2) is 7.26. The van der Waals surface area contributed by atoms with Gasteiger partial charge in [0.25, 0.3) is 0 Å². The summed E-state index contributed by atoms with van der Waals surface area (Å²) in [7, 11) is 0. The molecule has 1 atom stereocenters. The van der Waals surface area contributed by atoms with Crippen LogP contribution in [0.5, 0.6) is 0 Å². The fraction of sp³-hybridized carbons (Fsp3) is 0.769. The third kappa shape index (κ3) is 4.81. The molecule has 0 saturated carbocycles. The van der Waals surface area contributed by atoms with E-state index < -0.39 is 11.9 Å². The van der Waals surface area contributed by atoms with Gasteiger partial charge in [0.15, 0.2) is 5.69 Å². The highest BCUT2D eigenvalue weighted by Crippen LogP contribution is 2.35. The van der Waals surface area contributed by atoms with Gasteiger partial charge in [0.2, 0.25) is 0 Å². The van der Waals surface area contributed by atoms with Crippen LogP contribution >= 0.6 is 23.7 Å². The molecule has 0 radical (unpaired) electrons. The first-order valence-corrected chi connectivity index (χ1v) is 7.60. The summed E-state index contributed by atoms with van der Waals surface area (Å²) in [5.41, 5.74) is 5.16. The molecular formula is C13H21ClF3N3S. The van der Waals surface area contributed by atoms with Crippen LogP contribution in [-0.2, 0) is 12.7 Å². The Morgan fingerprint density at radius 3 is 2.43 bits per heavy atom. The van der Waals surface area contributed by atoms with E-state index in [1.54, 1.807) is 6.92 Å². The number of hydrogen-bond donors (Lipinski definition) is 1. The van der Waals surface area contributed by atoms with Gasteiger partial charge in [0, 0.05) is 12.6 Å². The fourth-order valence-electron chi connectivity index (χ4n) is 2.64. The molecule has 21 heavy (non-hydrogen) atoms. The lowest BCUT2D eigenvalue weighted by Gasteiger charge is -2.33. The second-order valence-corrected chi connectivity index (χ2v) is 6.76. The number of thiazole rings is 1. The summed E-state index contributed by atoms with van der Waals surface area (Å²) >= 11 is 1.14. The standard InChI is InChI=1S/C13H20F3N3S.ClH/c1-8(17)10-3-5-19(6-4-10)7-11-12(13(14,15)16)18-9(2)20-11;/h8,10H,3-7,17H2,1-2H3;1H. The van der Waals surface area contributed by atoms with Gasteiger partial charge in [-0.3, -0.25) is 4.90 Å². The van der Waals surface area contributed by atoms with Crippen molar-refractivity contribution in [2.45, 2.75) is 45.5 Å². The Hall–Kier alpha value is -0.370. The summed E-state index contributed by atoms with van der Waals surface area (Å²) in [6, 6.07) is 0.161. The third-order valence-electron chi connectivity index (χ3n) is 3.82. The molecule has 1 aromatic heterocycles. The zero-order valence-electron chi connectivity index (χ0n) is 12.1. The van der Waals surface area contributed by atoms with Crippen LogP contribution in [0.15, 0.2) is 0 Å². The highest BCUT2D eigenvalue weighted by atomic mass is 35.5. The van der Waals surface area contributed by atoms with Crippen LogP contribution in [0.2, 0.25) is 0 Å². The first-order chi connectivity index (χ1) is 9.27. The molecule has 0 bridgehead atoms. The number of aryl methyl sites for hydroxylation is 1. The number of hydrogen-bond acceptors (Lipinski definition) is 4. The predicted octanol–water partition coefficient (Wildman–Crippen LogP) is 3.45. The molecular weight excluding hydrogens is 323 g/mol. The predicted molar refractivity (Wildman–Crippen MR) is 80.8 cm³/mol. The Labute approximate surface area is 133 Å². The van der Waals surface area contributed by atoms with Gasteiger partial charge in [-0.1, -0.05) is 0 Å². The van der Waals surface area contributed by atoms with Gasteiger partial charge in [-0.25, -0.2) is 4.98 Å². The topological polar surface area (TPSA) is 42.2 Å². The van der Waals surface area contributed by atoms with Crippen molar-refractivity contribution in [2.75, 3.05) is 13.1 Å². The number of nitrogens with zero attached hydrogens (tertiary/aromatic N) is 2. The quantitative estimate of drug-likeness (QED) is 0.914. The Kier molecular flexibility index (Phi) is 6.46. The van der Waals surface area contributed by atoms with Crippen molar-refractivity contribution in [3.8, 4) is 0 Å². The van der Waals surface area contributed by atoms with Gasteiger partial charge in [0.05, 0.1) is 9.88 Å². The summed E-state index contributed by atoms with van der Waals surface area (Å²) in [6.45, 7) is 5.56. The maximum Gasteiger partial charge on any atom is 0.434 e. The lowest BCUT2D eigenvalue weighted by molar-refractivity contribution is -0.141. The van der Waals surface area contributed by atoms with Gasteiger partial charge in [0.1, 0.15) is 0 Å². The van der Waals surface area contributed by atoms with E-state index in [4.69, 9.17) is 5.73 Å². The van der Waals surface area contributed by atoms with Gasteiger partial charge < -0.3 is 5.73 Å². The molecule has 1 fully saturated rings. The van der Waals surface area contributed by atoms with E-state index in [1.165, 1.54) is 0 Å². The Balaban J connectivity index is 0.00000220. The van der Waals surface area contributed by atoms with E-state index >= 15 is 0 Å². The largest absolute Gasteiger partial charge is 0.434 e. The van der Waals surface area contributed by atoms with E-state index in [-0.39, 0.29) is 18.4 Å². The van der Waals surface area contributed by atoms with Crippen molar-refractivity contribution < 1.29 is 13.2 Å². The molecule has 8 heteroatoms. The first kappa shape index (κ1) is 18.7. The zero-order valence-corrected chi connectivity index (χ0v) is 13.7. The lowest BCUT2D eigenvalue weighted by Crippen LogP contribution is -2.39. The monoisotopic (exact) mass is 343 g/mol. The normalized spacial score (nSPS) is 19.3. The van der Waals surface area contributed by atoms with Crippen LogP contribution in [0.1, 0.15) is 35.3 Å². The van der Waals surface area contributed by atoms with E-state index in [1.807, 2.05) is 6.92 Å². The Morgan fingerprint density at radius 2 is 1.95 bits per heavy atom. The summed E-state index contributed by atoms with van der Waals surface area (Å²) in [5, 5.41) is 0.470. The average Bonchev–Trinajstić information content (AvgIpc) is 2.71. The highest BCUT2D eigenvalue weighted by Gasteiger charge is 2.37. The first-order valence-electron chi connectivity index (χ1n) is 6.79. The van der Waals surface area contributed by atoms with Crippen molar-refractivity contribution in [1.29, 1.82) is 0 Å². The minimum absolute atomic E-state index is 0. The molecule has 1 saturated heterocycles. The Morgan fingerprint density at radius 1 is 1.38 bits per heavy atom. The molecule has 1 unspecified atom stereocenters. The smallest absolute Gasteiger partial charge is 0.328 e. The van der Waals surface area contributed by atoms with Gasteiger partial charge in [-0.05, 0) is 45.7 Å². The molecule has 1 aliphatic heterocycles. The number of aromatic nitrogens is 1. The molecule has 2 rings (SSSR count). The van der Waals surface area contributed by atoms with E-state index in [0.29, 0.717) is 22.3 Å². The molecule has 2 N–H and O–H groups in total. The van der Waals surface area contributed by atoms with Gasteiger partial charge in [-0.15, -0.1) is 23.7 Å². The third-order valence-corrected chi connectivity index (χ3v) is 4.77. The minimum atomic E-state index is -4.36. The van der Waals surface area contributed by atoms with E-state index in [2.05, 4.69) is 9.88 Å². The van der Waals surface area contributed by atoms with Crippen molar-refractivity contribution in [3.63, 3.8) is 0 Å². The van der Waals surface area contributed by atoms with Crippen LogP contribution in [-0.4, -0.2) is 29.0 Å². The van der Waals surface area contributed by atoms with Gasteiger partial charge >= 0.3 is 6.18 Å². The van der Waals surface area contributed by atoms with E-state index in [9.17, 15) is 13.2 Å². The highest BCUT2D eigenvalue weighted by molar-refractivity contribution is 7.11. The van der Waals surface area contributed by atoms with Gasteiger partial charge in [-0.2, -0.15) is 13.2 Å². The molecule has 0 amide bonds. The molecule has 3 nitrogen and oxygen atoms in total. The fourth-order valence-corrected chi connectivity index (χ4v) is 3.64. The molecule has 2 heterocycles. The SMILES string of the molecule is Cc1nc(C(F)(F)F)c(CN2CCC(C(C)N)CC2)s1.Cl. The molecule has 0 aromatic carbocycles. The second-order valence-electron chi connectivity index (χ2n) is 5.48. The number of rotatable bonds is 3. The van der Waals surface area contributed by atoms with Crippen molar-refractivity contribution in [3.05, 3.63) is 15.6 Å². The molecule has 0 spiro atoms. The van der Waals surface area contributed by atoms with Crippen LogP contribution in [0.3, 0.4) is 0 Å². The van der Waals surface area contributed by atoms with Crippen molar-refractivity contribution in [2.24, 2.45) is 11.7 Å². The summed E-state index contributed by atoms with van der Waals surface area (Å²) in [4.78, 5) is 6.04. The summed E-state index contributed by atoms with van der Waals surface area (Å²) in [5.74, 6) is 0.483. The number of alkyl halides is 3. The zero-order chi connectivity index (χ0) is 14.9. The number of halogens is 4. The summed E-state index contributed by atoms with van der Waals surface area (Å²) < 4.78 is 38.7. The Bertz CT molecular complexity index is 454. The maximum absolute atomic E-state index is 12.9. The van der Waals surface area contributed by atoms with Crippen LogP contribution in [0, 0.1) is 12.8 Å². The van der Waals surface area contributed by atoms with Crippen LogP contribution in [0.4, 0.5) is 13.2 Å². The number of likely N-dealkylation sites (tertiary alicyclic amines) is 1. The maximum atomic E-state index is 12.9. The molecule has 1 aromatic rings. The number of piperidine rings is 1. The van der Waals surface area contributed by atoms with E-state index in [0.717, 1.165) is 37.3 Å². The number of nitrogens with two attached hydrogens (primary N) is 1. The molecule has 1 aliphatic rings. The lowest BCUT2D eigenvalue weighted by atomic mass is 9.91. The average molecular weight is 344 g/mol. The van der Waals surface area contributed by atoms with Crippen LogP contribution < -0.4 is 5.73 Å².